The second kappa shape index (κ2) is 5.57. The second-order valence-electron chi connectivity index (χ2n) is 4.51. The molecule has 0 aliphatic carbocycles. The van der Waals surface area contributed by atoms with Gasteiger partial charge in [-0.25, -0.2) is 4.98 Å². The van der Waals surface area contributed by atoms with Crippen LogP contribution in [0.1, 0.15) is 15.9 Å². The van der Waals surface area contributed by atoms with Crippen molar-refractivity contribution in [3.63, 3.8) is 0 Å². The standard InChI is InChI=1S/C15H11BrN2O3/c16-12-5-13(20)14(4-11(12)7-19)21-8-9-3-10-1-2-17-15(10)18-6-9/h1-7,20H,8H2,(H,17,18). The number of nitrogens with zero attached hydrogens (tertiary/aromatic N) is 1. The van der Waals surface area contributed by atoms with Gasteiger partial charge in [-0.2, -0.15) is 0 Å². The van der Waals surface area contributed by atoms with Crippen LogP contribution in [0.2, 0.25) is 0 Å². The lowest BCUT2D eigenvalue weighted by molar-refractivity contribution is 0.112. The first-order valence-corrected chi connectivity index (χ1v) is 6.99. The van der Waals surface area contributed by atoms with Gasteiger partial charge in [-0.15, -0.1) is 0 Å². The van der Waals surface area contributed by atoms with Gasteiger partial charge in [0.05, 0.1) is 0 Å². The van der Waals surface area contributed by atoms with E-state index in [1.54, 1.807) is 6.20 Å². The van der Waals surface area contributed by atoms with Gasteiger partial charge in [-0.05, 0) is 40.2 Å². The molecular formula is C15H11BrN2O3. The molecule has 1 aromatic carbocycles. The fourth-order valence-corrected chi connectivity index (χ4v) is 2.41. The van der Waals surface area contributed by atoms with Crippen LogP contribution < -0.4 is 4.74 Å². The van der Waals surface area contributed by atoms with Gasteiger partial charge in [0, 0.05) is 33.4 Å². The summed E-state index contributed by atoms with van der Waals surface area (Å²) in [5.74, 6) is 0.234. The molecule has 0 radical (unpaired) electrons. The van der Waals surface area contributed by atoms with Gasteiger partial charge in [-0.3, -0.25) is 4.79 Å². The van der Waals surface area contributed by atoms with E-state index < -0.39 is 0 Å². The van der Waals surface area contributed by atoms with Crippen LogP contribution in [0.25, 0.3) is 11.0 Å². The first-order chi connectivity index (χ1) is 10.2. The molecule has 6 heteroatoms. The summed E-state index contributed by atoms with van der Waals surface area (Å²) < 4.78 is 6.09. The number of aldehydes is 1. The highest BCUT2D eigenvalue weighted by Gasteiger charge is 2.09. The van der Waals surface area contributed by atoms with E-state index in [0.29, 0.717) is 16.3 Å². The molecule has 0 unspecified atom stereocenters. The third-order valence-corrected chi connectivity index (χ3v) is 3.74. The minimum atomic E-state index is -0.0249. The summed E-state index contributed by atoms with van der Waals surface area (Å²) in [6, 6.07) is 6.81. The molecule has 0 bridgehead atoms. The number of nitrogens with one attached hydrogen (secondary N) is 1. The van der Waals surface area contributed by atoms with E-state index in [2.05, 4.69) is 25.9 Å². The summed E-state index contributed by atoms with van der Waals surface area (Å²) in [7, 11) is 0. The first kappa shape index (κ1) is 13.6. The maximum absolute atomic E-state index is 10.9. The zero-order valence-electron chi connectivity index (χ0n) is 10.8. The normalized spacial score (nSPS) is 10.7. The van der Waals surface area contributed by atoms with Gasteiger partial charge >= 0.3 is 0 Å². The van der Waals surface area contributed by atoms with Crippen molar-refractivity contribution in [1.29, 1.82) is 0 Å². The number of benzene rings is 1. The largest absolute Gasteiger partial charge is 0.504 e. The summed E-state index contributed by atoms with van der Waals surface area (Å²) in [4.78, 5) is 18.2. The number of carbonyl (C=O) groups excluding carboxylic acids is 1. The Balaban J connectivity index is 1.82. The number of halogens is 1. The number of ether oxygens (including phenoxy) is 1. The number of aromatic hydroxyl groups is 1. The van der Waals surface area contributed by atoms with E-state index in [1.165, 1.54) is 12.1 Å². The van der Waals surface area contributed by atoms with E-state index in [-0.39, 0.29) is 18.1 Å². The van der Waals surface area contributed by atoms with Crippen molar-refractivity contribution in [1.82, 2.24) is 9.97 Å². The van der Waals surface area contributed by atoms with E-state index in [1.807, 2.05) is 18.3 Å². The average Bonchev–Trinajstić information content (AvgIpc) is 2.94. The van der Waals surface area contributed by atoms with Gasteiger partial charge in [0.1, 0.15) is 12.3 Å². The second-order valence-corrected chi connectivity index (χ2v) is 5.36. The molecule has 2 N–H and O–H groups in total. The highest BCUT2D eigenvalue weighted by atomic mass is 79.9. The highest BCUT2D eigenvalue weighted by molar-refractivity contribution is 9.10. The van der Waals surface area contributed by atoms with Gasteiger partial charge in [0.25, 0.3) is 0 Å². The molecule has 0 aliphatic heterocycles. The Kier molecular flexibility index (Phi) is 3.62. The number of carbonyl (C=O) groups is 1. The molecule has 106 valence electrons. The molecule has 0 saturated carbocycles. The number of hydrogen-bond acceptors (Lipinski definition) is 4. The Hall–Kier alpha value is -2.34. The number of aromatic nitrogens is 2. The molecule has 21 heavy (non-hydrogen) atoms. The number of fused-ring (bicyclic) bond motifs is 1. The fraction of sp³-hybridized carbons (Fsp3) is 0.0667. The molecule has 0 spiro atoms. The van der Waals surface area contributed by atoms with Crippen LogP contribution in [0.5, 0.6) is 11.5 Å². The van der Waals surface area contributed by atoms with E-state index in [4.69, 9.17) is 4.74 Å². The van der Waals surface area contributed by atoms with E-state index in [0.717, 1.165) is 16.6 Å². The molecule has 0 atom stereocenters. The van der Waals surface area contributed by atoms with Crippen LogP contribution in [-0.2, 0) is 6.61 Å². The third-order valence-electron chi connectivity index (χ3n) is 3.06. The number of rotatable bonds is 4. The minimum Gasteiger partial charge on any atom is -0.504 e. The summed E-state index contributed by atoms with van der Waals surface area (Å²) in [5, 5.41) is 10.8. The molecule has 3 aromatic rings. The lowest BCUT2D eigenvalue weighted by Crippen LogP contribution is -1.97. The predicted octanol–water partition coefficient (Wildman–Crippen LogP) is 3.42. The Morgan fingerprint density at radius 2 is 2.24 bits per heavy atom. The zero-order chi connectivity index (χ0) is 14.8. The van der Waals surface area contributed by atoms with Crippen molar-refractivity contribution < 1.29 is 14.6 Å². The predicted molar refractivity (Wildman–Crippen MR) is 81.6 cm³/mol. The van der Waals surface area contributed by atoms with Crippen LogP contribution in [-0.4, -0.2) is 21.4 Å². The molecule has 3 rings (SSSR count). The Labute approximate surface area is 128 Å². The number of phenolic OH excluding ortho intramolecular Hbond substituents is 1. The third kappa shape index (κ3) is 2.75. The summed E-state index contributed by atoms with van der Waals surface area (Å²) in [6.45, 7) is 0.252. The summed E-state index contributed by atoms with van der Waals surface area (Å²) in [5.41, 5.74) is 2.10. The van der Waals surface area contributed by atoms with E-state index in [9.17, 15) is 9.90 Å². The van der Waals surface area contributed by atoms with Gasteiger partial charge in [0.2, 0.25) is 0 Å². The lowest BCUT2D eigenvalue weighted by Gasteiger charge is -2.09. The van der Waals surface area contributed by atoms with Gasteiger partial charge < -0.3 is 14.8 Å². The maximum atomic E-state index is 10.9. The minimum absolute atomic E-state index is 0.0249. The molecule has 2 aromatic heterocycles. The van der Waals surface area contributed by atoms with Crippen molar-refractivity contribution in [2.24, 2.45) is 0 Å². The average molecular weight is 347 g/mol. The SMILES string of the molecule is O=Cc1cc(OCc2cnc3[nH]ccc3c2)c(O)cc1Br. The molecule has 0 aliphatic rings. The Morgan fingerprint density at radius 1 is 1.38 bits per heavy atom. The number of pyridine rings is 1. The molecule has 0 saturated heterocycles. The summed E-state index contributed by atoms with van der Waals surface area (Å²) in [6.07, 6.45) is 4.22. The van der Waals surface area contributed by atoms with Crippen molar-refractivity contribution in [3.8, 4) is 11.5 Å². The number of hydrogen-bond donors (Lipinski definition) is 2. The topological polar surface area (TPSA) is 75.2 Å². The Bertz CT molecular complexity index is 814. The van der Waals surface area contributed by atoms with Crippen LogP contribution in [0.3, 0.4) is 0 Å². The van der Waals surface area contributed by atoms with Crippen molar-refractivity contribution in [3.05, 3.63) is 52.3 Å². The van der Waals surface area contributed by atoms with Crippen molar-refractivity contribution >= 4 is 33.2 Å². The molecule has 2 heterocycles. The van der Waals surface area contributed by atoms with Crippen LogP contribution in [0, 0.1) is 0 Å². The zero-order valence-corrected chi connectivity index (χ0v) is 12.4. The van der Waals surface area contributed by atoms with E-state index >= 15 is 0 Å². The van der Waals surface area contributed by atoms with Gasteiger partial charge in [-0.1, -0.05) is 0 Å². The van der Waals surface area contributed by atoms with Crippen LogP contribution in [0.15, 0.2) is 41.1 Å². The quantitative estimate of drug-likeness (QED) is 0.709. The number of H-pyrrole nitrogens is 1. The lowest BCUT2D eigenvalue weighted by atomic mass is 10.2. The summed E-state index contributed by atoms with van der Waals surface area (Å²) >= 11 is 3.20. The Morgan fingerprint density at radius 3 is 3.05 bits per heavy atom. The first-order valence-electron chi connectivity index (χ1n) is 6.20. The highest BCUT2D eigenvalue weighted by Crippen LogP contribution is 2.32. The maximum Gasteiger partial charge on any atom is 0.162 e. The smallest absolute Gasteiger partial charge is 0.162 e. The molecule has 5 nitrogen and oxygen atoms in total. The molecule has 0 fully saturated rings. The number of phenols is 1. The van der Waals surface area contributed by atoms with Crippen molar-refractivity contribution in [2.45, 2.75) is 6.61 Å². The fourth-order valence-electron chi connectivity index (χ4n) is 1.99. The molecular weight excluding hydrogens is 336 g/mol. The monoisotopic (exact) mass is 346 g/mol. The van der Waals surface area contributed by atoms with Gasteiger partial charge in [0.15, 0.2) is 17.8 Å². The van der Waals surface area contributed by atoms with Crippen LogP contribution in [0.4, 0.5) is 0 Å². The van der Waals surface area contributed by atoms with Crippen LogP contribution >= 0.6 is 15.9 Å². The number of aromatic amines is 1. The van der Waals surface area contributed by atoms with Crippen molar-refractivity contribution in [2.75, 3.05) is 0 Å². The molecule has 0 amide bonds.